The first-order valence-corrected chi connectivity index (χ1v) is 12.3. The number of anilines is 2. The highest BCUT2D eigenvalue weighted by molar-refractivity contribution is 7.92. The molecule has 178 valence electrons. The van der Waals surface area contributed by atoms with Gasteiger partial charge in [0.05, 0.1) is 11.4 Å². The molecule has 0 radical (unpaired) electrons. The number of hydrogen-bond donors (Lipinski definition) is 2. The number of para-hydroxylation sites is 1. The summed E-state index contributed by atoms with van der Waals surface area (Å²) in [6.45, 7) is 7.22. The summed E-state index contributed by atoms with van der Waals surface area (Å²) in [6, 6.07) is 17.1. The third kappa shape index (κ3) is 5.82. The molecular formula is C26H29N3O4S. The lowest BCUT2D eigenvalue weighted by molar-refractivity contribution is -0.116. The summed E-state index contributed by atoms with van der Waals surface area (Å²) in [7, 11) is -2.39. The standard InChI is InChI=1S/C26H29N3O4S/c1-17-8-6-11-21(14-17)28-34(32,33)22-13-12-18(2)23(15-22)26(31)29(5)16-24(30)27-25-19(3)9-7-10-20(25)4/h6-15,28H,16H2,1-5H3,(H,27,30). The predicted molar refractivity (Wildman–Crippen MR) is 135 cm³/mol. The summed E-state index contributed by atoms with van der Waals surface area (Å²) in [6.07, 6.45) is 0. The molecular weight excluding hydrogens is 450 g/mol. The van der Waals surface area contributed by atoms with Crippen molar-refractivity contribution >= 4 is 33.2 Å². The van der Waals surface area contributed by atoms with Crippen LogP contribution in [0.25, 0.3) is 0 Å². The van der Waals surface area contributed by atoms with Crippen molar-refractivity contribution in [2.24, 2.45) is 0 Å². The van der Waals surface area contributed by atoms with Gasteiger partial charge in [-0.2, -0.15) is 0 Å². The Hall–Kier alpha value is -3.65. The summed E-state index contributed by atoms with van der Waals surface area (Å²) in [5.41, 5.74) is 4.76. The van der Waals surface area contributed by atoms with Crippen LogP contribution in [0.15, 0.2) is 65.6 Å². The van der Waals surface area contributed by atoms with E-state index in [1.165, 1.54) is 24.1 Å². The molecule has 0 saturated carbocycles. The van der Waals surface area contributed by atoms with Crippen molar-refractivity contribution in [3.63, 3.8) is 0 Å². The van der Waals surface area contributed by atoms with Gasteiger partial charge in [0.15, 0.2) is 0 Å². The second-order valence-electron chi connectivity index (χ2n) is 8.43. The van der Waals surface area contributed by atoms with E-state index >= 15 is 0 Å². The maximum absolute atomic E-state index is 13.1. The lowest BCUT2D eigenvalue weighted by Crippen LogP contribution is -2.35. The molecule has 3 rings (SSSR count). The number of carbonyl (C=O) groups excluding carboxylic acids is 2. The lowest BCUT2D eigenvalue weighted by Gasteiger charge is -2.19. The SMILES string of the molecule is Cc1cccc(NS(=O)(=O)c2ccc(C)c(C(=O)N(C)CC(=O)Nc3c(C)cccc3C)c2)c1. The molecule has 0 unspecified atom stereocenters. The summed E-state index contributed by atoms with van der Waals surface area (Å²) < 4.78 is 28.4. The average molecular weight is 480 g/mol. The third-order valence-corrected chi connectivity index (χ3v) is 6.87. The smallest absolute Gasteiger partial charge is 0.261 e. The number of nitrogens with zero attached hydrogens (tertiary/aromatic N) is 1. The Morgan fingerprint density at radius 3 is 2.15 bits per heavy atom. The van der Waals surface area contributed by atoms with Gasteiger partial charge in [-0.1, -0.05) is 36.4 Å². The Morgan fingerprint density at radius 1 is 0.853 bits per heavy atom. The minimum Gasteiger partial charge on any atom is -0.332 e. The number of hydrogen-bond acceptors (Lipinski definition) is 4. The van der Waals surface area contributed by atoms with Crippen LogP contribution in [0.2, 0.25) is 0 Å². The fraction of sp³-hybridized carbons (Fsp3) is 0.231. The van der Waals surface area contributed by atoms with Gasteiger partial charge in [0, 0.05) is 24.0 Å². The molecule has 0 aliphatic heterocycles. The number of benzene rings is 3. The van der Waals surface area contributed by atoms with Gasteiger partial charge in [0.1, 0.15) is 0 Å². The number of likely N-dealkylation sites (N-methyl/N-ethyl adjacent to an activating group) is 1. The minimum absolute atomic E-state index is 0.0312. The molecule has 0 fully saturated rings. The van der Waals surface area contributed by atoms with E-state index in [2.05, 4.69) is 10.0 Å². The molecule has 3 aromatic carbocycles. The van der Waals surface area contributed by atoms with Crippen LogP contribution in [-0.2, 0) is 14.8 Å². The van der Waals surface area contributed by atoms with Crippen LogP contribution in [0.3, 0.4) is 0 Å². The van der Waals surface area contributed by atoms with E-state index < -0.39 is 15.9 Å². The van der Waals surface area contributed by atoms with E-state index in [0.717, 1.165) is 22.4 Å². The van der Waals surface area contributed by atoms with Gasteiger partial charge < -0.3 is 10.2 Å². The highest BCUT2D eigenvalue weighted by Gasteiger charge is 2.22. The third-order valence-electron chi connectivity index (χ3n) is 5.49. The first-order valence-electron chi connectivity index (χ1n) is 10.8. The number of carbonyl (C=O) groups is 2. The summed E-state index contributed by atoms with van der Waals surface area (Å²) in [4.78, 5) is 26.9. The molecule has 0 aliphatic rings. The molecule has 3 aromatic rings. The molecule has 0 aromatic heterocycles. The number of rotatable bonds is 7. The zero-order valence-corrected chi connectivity index (χ0v) is 20.8. The van der Waals surface area contributed by atoms with Gasteiger partial charge in [-0.05, 0) is 74.2 Å². The maximum Gasteiger partial charge on any atom is 0.261 e. The Kier molecular flexibility index (Phi) is 7.41. The van der Waals surface area contributed by atoms with E-state index in [1.54, 1.807) is 31.2 Å². The van der Waals surface area contributed by atoms with Gasteiger partial charge >= 0.3 is 0 Å². The van der Waals surface area contributed by atoms with Crippen LogP contribution in [0, 0.1) is 27.7 Å². The Labute approximate surface area is 200 Å². The highest BCUT2D eigenvalue weighted by atomic mass is 32.2. The van der Waals surface area contributed by atoms with Crippen molar-refractivity contribution in [2.45, 2.75) is 32.6 Å². The van der Waals surface area contributed by atoms with Crippen molar-refractivity contribution in [3.8, 4) is 0 Å². The normalized spacial score (nSPS) is 11.1. The Balaban J connectivity index is 1.78. The molecule has 2 N–H and O–H groups in total. The second kappa shape index (κ2) is 10.1. The minimum atomic E-state index is -3.90. The average Bonchev–Trinajstić information content (AvgIpc) is 2.75. The topological polar surface area (TPSA) is 95.6 Å². The molecule has 0 saturated heterocycles. The molecule has 8 heteroatoms. The molecule has 34 heavy (non-hydrogen) atoms. The molecule has 2 amide bonds. The van der Waals surface area contributed by atoms with Crippen molar-refractivity contribution in [1.29, 1.82) is 0 Å². The lowest BCUT2D eigenvalue weighted by atomic mass is 10.1. The zero-order valence-electron chi connectivity index (χ0n) is 20.0. The van der Waals surface area contributed by atoms with Crippen molar-refractivity contribution in [3.05, 3.63) is 88.5 Å². The van der Waals surface area contributed by atoms with E-state index in [9.17, 15) is 18.0 Å². The Morgan fingerprint density at radius 2 is 1.50 bits per heavy atom. The van der Waals surface area contributed by atoms with E-state index in [4.69, 9.17) is 0 Å². The van der Waals surface area contributed by atoms with Crippen LogP contribution in [0.1, 0.15) is 32.6 Å². The zero-order chi connectivity index (χ0) is 25.0. The predicted octanol–water partition coefficient (Wildman–Crippen LogP) is 4.43. The van der Waals surface area contributed by atoms with E-state index in [-0.39, 0.29) is 22.9 Å². The van der Waals surface area contributed by atoms with Crippen molar-refractivity contribution in [1.82, 2.24) is 4.90 Å². The number of amides is 2. The Bertz CT molecular complexity index is 1330. The monoisotopic (exact) mass is 479 g/mol. The highest BCUT2D eigenvalue weighted by Crippen LogP contribution is 2.22. The quantitative estimate of drug-likeness (QED) is 0.524. The fourth-order valence-electron chi connectivity index (χ4n) is 3.60. The molecule has 0 aliphatic carbocycles. The van der Waals surface area contributed by atoms with Crippen LogP contribution in [-0.4, -0.2) is 38.7 Å². The molecule has 0 spiro atoms. The van der Waals surface area contributed by atoms with Gasteiger partial charge in [0.2, 0.25) is 5.91 Å². The maximum atomic E-state index is 13.1. The summed E-state index contributed by atoms with van der Waals surface area (Å²) in [5.74, 6) is -0.780. The van der Waals surface area contributed by atoms with Crippen molar-refractivity contribution < 1.29 is 18.0 Å². The van der Waals surface area contributed by atoms with Crippen molar-refractivity contribution in [2.75, 3.05) is 23.6 Å². The fourth-order valence-corrected chi connectivity index (χ4v) is 4.68. The van der Waals surface area contributed by atoms with E-state index in [1.807, 2.05) is 45.0 Å². The number of aryl methyl sites for hydroxylation is 4. The van der Waals surface area contributed by atoms with Gasteiger partial charge in [-0.3, -0.25) is 14.3 Å². The first kappa shape index (κ1) is 25.0. The second-order valence-corrected chi connectivity index (χ2v) is 10.1. The largest absolute Gasteiger partial charge is 0.332 e. The van der Waals surface area contributed by atoms with Crippen LogP contribution < -0.4 is 10.0 Å². The summed E-state index contributed by atoms with van der Waals surface area (Å²) in [5, 5.41) is 2.86. The van der Waals surface area contributed by atoms with Gasteiger partial charge in [0.25, 0.3) is 15.9 Å². The molecule has 0 bridgehead atoms. The number of sulfonamides is 1. The molecule has 0 atom stereocenters. The van der Waals surface area contributed by atoms with E-state index in [0.29, 0.717) is 11.3 Å². The molecule has 7 nitrogen and oxygen atoms in total. The number of nitrogens with one attached hydrogen (secondary N) is 2. The van der Waals surface area contributed by atoms with Crippen LogP contribution in [0.4, 0.5) is 11.4 Å². The van der Waals surface area contributed by atoms with Gasteiger partial charge in [-0.15, -0.1) is 0 Å². The van der Waals surface area contributed by atoms with Crippen LogP contribution >= 0.6 is 0 Å². The summed E-state index contributed by atoms with van der Waals surface area (Å²) >= 11 is 0. The first-order chi connectivity index (χ1) is 16.0. The van der Waals surface area contributed by atoms with Crippen LogP contribution in [0.5, 0.6) is 0 Å². The van der Waals surface area contributed by atoms with Gasteiger partial charge in [-0.25, -0.2) is 8.42 Å². The molecule has 0 heterocycles.